The summed E-state index contributed by atoms with van der Waals surface area (Å²) in [6.07, 6.45) is 2.10. The fourth-order valence-electron chi connectivity index (χ4n) is 2.28. The van der Waals surface area contributed by atoms with Crippen LogP contribution < -0.4 is 16.4 Å². The third-order valence-electron chi connectivity index (χ3n) is 3.83. The van der Waals surface area contributed by atoms with Crippen molar-refractivity contribution in [1.29, 1.82) is 0 Å². The van der Waals surface area contributed by atoms with Gasteiger partial charge in [-0.15, -0.1) is 12.4 Å². The highest BCUT2D eigenvalue weighted by Crippen LogP contribution is 2.32. The normalized spacial score (nSPS) is 15.6. The molecule has 1 aromatic carbocycles. The number of carbonyl (C=O) groups is 2. The van der Waals surface area contributed by atoms with E-state index in [2.05, 4.69) is 10.6 Å². The summed E-state index contributed by atoms with van der Waals surface area (Å²) in [7, 11) is 0. The molecule has 2 amide bonds. The standard InChI is InChI=1S/C15H20N4O4.ClH/c1-9(14(20)18-13(8-16)10-5-6-10)17-15(21)11-3-2-4-12(7-11)19(22)23;/h2-4,7,9-10,13H,5-6,8,16H2,1H3,(H,17,21)(H,18,20);1H. The summed E-state index contributed by atoms with van der Waals surface area (Å²) in [6, 6.07) is 4.53. The van der Waals surface area contributed by atoms with Gasteiger partial charge in [0.05, 0.1) is 4.92 Å². The molecule has 1 fully saturated rings. The number of rotatable bonds is 7. The molecule has 24 heavy (non-hydrogen) atoms. The van der Waals surface area contributed by atoms with Crippen LogP contribution in [-0.2, 0) is 4.79 Å². The molecule has 1 aliphatic rings. The molecule has 1 saturated carbocycles. The summed E-state index contributed by atoms with van der Waals surface area (Å²) in [5.41, 5.74) is 5.59. The summed E-state index contributed by atoms with van der Waals surface area (Å²) in [5, 5.41) is 16.1. The molecule has 0 heterocycles. The van der Waals surface area contributed by atoms with Crippen molar-refractivity contribution in [2.45, 2.75) is 31.8 Å². The Labute approximate surface area is 145 Å². The van der Waals surface area contributed by atoms with Crippen molar-refractivity contribution in [1.82, 2.24) is 10.6 Å². The van der Waals surface area contributed by atoms with Gasteiger partial charge in [-0.25, -0.2) is 0 Å². The molecule has 8 nitrogen and oxygen atoms in total. The highest BCUT2D eigenvalue weighted by molar-refractivity contribution is 5.97. The van der Waals surface area contributed by atoms with Gasteiger partial charge in [0.2, 0.25) is 5.91 Å². The Balaban J connectivity index is 0.00000288. The molecule has 1 aliphatic carbocycles. The highest BCUT2D eigenvalue weighted by Gasteiger charge is 2.32. The van der Waals surface area contributed by atoms with Gasteiger partial charge in [0.1, 0.15) is 6.04 Å². The van der Waals surface area contributed by atoms with Crippen LogP contribution in [0.1, 0.15) is 30.1 Å². The maximum absolute atomic E-state index is 12.1. The Kier molecular flexibility index (Phi) is 7.12. The predicted octanol–water partition coefficient (Wildman–Crippen LogP) is 0.988. The number of non-ortho nitro benzene ring substituents is 1. The molecule has 0 radical (unpaired) electrons. The monoisotopic (exact) mass is 356 g/mol. The van der Waals surface area contributed by atoms with E-state index >= 15 is 0 Å². The molecule has 9 heteroatoms. The number of nitrogens with one attached hydrogen (secondary N) is 2. The molecule has 1 aromatic rings. The quantitative estimate of drug-likeness (QED) is 0.496. The Hall–Kier alpha value is -2.19. The first-order valence-electron chi connectivity index (χ1n) is 7.48. The van der Waals surface area contributed by atoms with Crippen LogP contribution in [0.5, 0.6) is 0 Å². The fourth-order valence-corrected chi connectivity index (χ4v) is 2.28. The third-order valence-corrected chi connectivity index (χ3v) is 3.83. The molecule has 132 valence electrons. The van der Waals surface area contributed by atoms with E-state index in [9.17, 15) is 19.7 Å². The minimum absolute atomic E-state index is 0. The second-order valence-electron chi connectivity index (χ2n) is 5.69. The second-order valence-corrected chi connectivity index (χ2v) is 5.69. The maximum Gasteiger partial charge on any atom is 0.270 e. The molecule has 0 saturated heterocycles. The van der Waals surface area contributed by atoms with E-state index in [4.69, 9.17) is 5.73 Å². The van der Waals surface area contributed by atoms with Crippen molar-refractivity contribution in [3.05, 3.63) is 39.9 Å². The van der Waals surface area contributed by atoms with Crippen LogP contribution in [0.4, 0.5) is 5.69 Å². The largest absolute Gasteiger partial charge is 0.350 e. The lowest BCUT2D eigenvalue weighted by Crippen LogP contribution is -2.50. The zero-order chi connectivity index (χ0) is 17.0. The Bertz CT molecular complexity index is 621. The number of benzene rings is 1. The highest BCUT2D eigenvalue weighted by atomic mass is 35.5. The van der Waals surface area contributed by atoms with Crippen LogP contribution in [0.2, 0.25) is 0 Å². The first kappa shape index (κ1) is 19.9. The lowest BCUT2D eigenvalue weighted by molar-refractivity contribution is -0.384. The van der Waals surface area contributed by atoms with E-state index in [1.54, 1.807) is 6.92 Å². The van der Waals surface area contributed by atoms with Crippen molar-refractivity contribution in [2.24, 2.45) is 11.7 Å². The number of hydrogen-bond acceptors (Lipinski definition) is 5. The smallest absolute Gasteiger partial charge is 0.270 e. The summed E-state index contributed by atoms with van der Waals surface area (Å²) < 4.78 is 0. The molecule has 0 aromatic heterocycles. The van der Waals surface area contributed by atoms with E-state index in [1.807, 2.05) is 0 Å². The van der Waals surface area contributed by atoms with Gasteiger partial charge in [0, 0.05) is 30.3 Å². The molecule has 0 bridgehead atoms. The van der Waals surface area contributed by atoms with E-state index in [1.165, 1.54) is 24.3 Å². The van der Waals surface area contributed by atoms with Crippen molar-refractivity contribution < 1.29 is 14.5 Å². The molecular weight excluding hydrogens is 336 g/mol. The number of amides is 2. The van der Waals surface area contributed by atoms with Crippen LogP contribution in [-0.4, -0.2) is 35.4 Å². The van der Waals surface area contributed by atoms with Gasteiger partial charge in [0.15, 0.2) is 0 Å². The molecule has 0 aliphatic heterocycles. The van der Waals surface area contributed by atoms with Gasteiger partial charge < -0.3 is 16.4 Å². The topological polar surface area (TPSA) is 127 Å². The number of nitrogens with zero attached hydrogens (tertiary/aromatic N) is 1. The van der Waals surface area contributed by atoms with Gasteiger partial charge in [-0.3, -0.25) is 19.7 Å². The Morgan fingerprint density at radius 1 is 1.38 bits per heavy atom. The zero-order valence-electron chi connectivity index (χ0n) is 13.2. The Morgan fingerprint density at radius 2 is 2.04 bits per heavy atom. The average molecular weight is 357 g/mol. The number of halogens is 1. The number of nitro groups is 1. The van der Waals surface area contributed by atoms with Gasteiger partial charge >= 0.3 is 0 Å². The number of nitro benzene ring substituents is 1. The van der Waals surface area contributed by atoms with Gasteiger partial charge in [-0.1, -0.05) is 6.07 Å². The molecule has 2 unspecified atom stereocenters. The molecule has 4 N–H and O–H groups in total. The minimum atomic E-state index is -0.755. The zero-order valence-corrected chi connectivity index (χ0v) is 14.0. The summed E-state index contributed by atoms with van der Waals surface area (Å²) >= 11 is 0. The van der Waals surface area contributed by atoms with E-state index in [0.717, 1.165) is 12.8 Å². The van der Waals surface area contributed by atoms with E-state index < -0.39 is 16.9 Å². The minimum Gasteiger partial charge on any atom is -0.350 e. The predicted molar refractivity (Wildman–Crippen MR) is 91.0 cm³/mol. The van der Waals surface area contributed by atoms with Crippen LogP contribution in [0, 0.1) is 16.0 Å². The van der Waals surface area contributed by atoms with Crippen LogP contribution in [0.3, 0.4) is 0 Å². The molecular formula is C15H21ClN4O4. The number of nitrogens with two attached hydrogens (primary N) is 1. The van der Waals surface area contributed by atoms with E-state index in [0.29, 0.717) is 12.5 Å². The van der Waals surface area contributed by atoms with E-state index in [-0.39, 0.29) is 35.6 Å². The van der Waals surface area contributed by atoms with Crippen LogP contribution in [0.25, 0.3) is 0 Å². The van der Waals surface area contributed by atoms with Crippen molar-refractivity contribution in [3.8, 4) is 0 Å². The summed E-state index contributed by atoms with van der Waals surface area (Å²) in [5.74, 6) is -0.429. The van der Waals surface area contributed by atoms with Crippen molar-refractivity contribution in [2.75, 3.05) is 6.54 Å². The fraction of sp³-hybridized carbons (Fsp3) is 0.467. The van der Waals surface area contributed by atoms with Gasteiger partial charge in [0.25, 0.3) is 11.6 Å². The molecule has 2 rings (SSSR count). The SMILES string of the molecule is CC(NC(=O)c1cccc([N+](=O)[O-])c1)C(=O)NC(CN)C1CC1.Cl. The van der Waals surface area contributed by atoms with Crippen LogP contribution >= 0.6 is 12.4 Å². The first-order chi connectivity index (χ1) is 10.9. The maximum atomic E-state index is 12.1. The number of hydrogen-bond donors (Lipinski definition) is 3. The van der Waals surface area contributed by atoms with Gasteiger partial charge in [-0.05, 0) is 31.7 Å². The van der Waals surface area contributed by atoms with Crippen molar-refractivity contribution >= 4 is 29.9 Å². The average Bonchev–Trinajstić information content (AvgIpc) is 3.37. The summed E-state index contributed by atoms with van der Waals surface area (Å²) in [6.45, 7) is 1.92. The molecule has 0 spiro atoms. The first-order valence-corrected chi connectivity index (χ1v) is 7.48. The lowest BCUT2D eigenvalue weighted by Gasteiger charge is -2.20. The molecule has 2 atom stereocenters. The van der Waals surface area contributed by atoms with Gasteiger partial charge in [-0.2, -0.15) is 0 Å². The third kappa shape index (κ3) is 5.17. The van der Waals surface area contributed by atoms with Crippen LogP contribution in [0.15, 0.2) is 24.3 Å². The van der Waals surface area contributed by atoms with Crippen molar-refractivity contribution in [3.63, 3.8) is 0 Å². The summed E-state index contributed by atoms with van der Waals surface area (Å²) in [4.78, 5) is 34.3. The second kappa shape index (κ2) is 8.60. The lowest BCUT2D eigenvalue weighted by atomic mass is 10.1. The number of carbonyl (C=O) groups excluding carboxylic acids is 2. The Morgan fingerprint density at radius 3 is 2.58 bits per heavy atom.